The summed E-state index contributed by atoms with van der Waals surface area (Å²) in [6, 6.07) is 0. The lowest BCUT2D eigenvalue weighted by Crippen LogP contribution is -2.13. The van der Waals surface area contributed by atoms with Crippen LogP contribution in [0.15, 0.2) is 0 Å². The van der Waals surface area contributed by atoms with Crippen molar-refractivity contribution in [3.63, 3.8) is 0 Å². The summed E-state index contributed by atoms with van der Waals surface area (Å²) < 4.78 is 10.2. The van der Waals surface area contributed by atoms with Crippen molar-refractivity contribution in [1.82, 2.24) is 0 Å². The molecule has 1 fully saturated rings. The minimum Gasteiger partial charge on any atom is -0.465 e. The van der Waals surface area contributed by atoms with Crippen LogP contribution in [0.1, 0.15) is 26.2 Å². The lowest BCUT2D eigenvalue weighted by Gasteiger charge is -2.07. The molecule has 0 saturated carbocycles. The fourth-order valence-corrected chi connectivity index (χ4v) is 1.20. The molecule has 1 rings (SSSR count). The molecule has 0 bridgehead atoms. The standard InChI is InChI=1S/C9H16O3/c1-2-3-9(10)12-7-8-4-5-11-6-8/h8H,2-7H2,1H3. The van der Waals surface area contributed by atoms with Crippen LogP contribution in [0.3, 0.4) is 0 Å². The quantitative estimate of drug-likeness (QED) is 0.601. The molecule has 1 saturated heterocycles. The van der Waals surface area contributed by atoms with E-state index in [9.17, 15) is 4.79 Å². The van der Waals surface area contributed by atoms with Crippen molar-refractivity contribution >= 4 is 5.97 Å². The molecule has 1 aliphatic heterocycles. The molecule has 1 aliphatic rings. The van der Waals surface area contributed by atoms with E-state index in [1.54, 1.807) is 0 Å². The predicted octanol–water partition coefficient (Wildman–Crippen LogP) is 1.37. The van der Waals surface area contributed by atoms with Gasteiger partial charge >= 0.3 is 5.97 Å². The van der Waals surface area contributed by atoms with Gasteiger partial charge in [-0.1, -0.05) is 6.92 Å². The maximum atomic E-state index is 10.9. The van der Waals surface area contributed by atoms with E-state index in [0.717, 1.165) is 26.1 Å². The topological polar surface area (TPSA) is 35.5 Å². The Morgan fingerprint density at radius 1 is 1.67 bits per heavy atom. The molecule has 0 aromatic heterocycles. The maximum absolute atomic E-state index is 10.9. The second kappa shape index (κ2) is 5.14. The third kappa shape index (κ3) is 3.22. The Hall–Kier alpha value is -0.570. The molecule has 12 heavy (non-hydrogen) atoms. The zero-order chi connectivity index (χ0) is 8.81. The van der Waals surface area contributed by atoms with Crippen molar-refractivity contribution in [2.24, 2.45) is 5.92 Å². The summed E-state index contributed by atoms with van der Waals surface area (Å²) >= 11 is 0. The summed E-state index contributed by atoms with van der Waals surface area (Å²) in [4.78, 5) is 10.9. The average Bonchev–Trinajstić information content (AvgIpc) is 2.53. The smallest absolute Gasteiger partial charge is 0.305 e. The van der Waals surface area contributed by atoms with Crippen LogP contribution in [0.25, 0.3) is 0 Å². The van der Waals surface area contributed by atoms with E-state index in [1.165, 1.54) is 0 Å². The molecular formula is C9H16O3. The SMILES string of the molecule is CCCC(=O)OCC1CCOC1. The number of hydrogen-bond acceptors (Lipinski definition) is 3. The van der Waals surface area contributed by atoms with Crippen LogP contribution in [-0.2, 0) is 14.3 Å². The van der Waals surface area contributed by atoms with Crippen molar-refractivity contribution < 1.29 is 14.3 Å². The summed E-state index contributed by atoms with van der Waals surface area (Å²) in [5.74, 6) is 0.357. The highest BCUT2D eigenvalue weighted by atomic mass is 16.5. The van der Waals surface area contributed by atoms with Crippen molar-refractivity contribution in [2.45, 2.75) is 26.2 Å². The Balaban J connectivity index is 2.03. The largest absolute Gasteiger partial charge is 0.465 e. The molecule has 0 N–H and O–H groups in total. The van der Waals surface area contributed by atoms with Crippen molar-refractivity contribution in [3.8, 4) is 0 Å². The molecule has 1 unspecified atom stereocenters. The summed E-state index contributed by atoms with van der Waals surface area (Å²) in [7, 11) is 0. The minimum atomic E-state index is -0.0793. The van der Waals surface area contributed by atoms with E-state index in [-0.39, 0.29) is 5.97 Å². The third-order valence-electron chi connectivity index (χ3n) is 1.96. The molecule has 70 valence electrons. The van der Waals surface area contributed by atoms with Gasteiger partial charge in [-0.15, -0.1) is 0 Å². The number of ether oxygens (including phenoxy) is 2. The molecule has 3 heteroatoms. The van der Waals surface area contributed by atoms with E-state index < -0.39 is 0 Å². The molecular weight excluding hydrogens is 156 g/mol. The van der Waals surface area contributed by atoms with Gasteiger partial charge in [0.15, 0.2) is 0 Å². The Morgan fingerprint density at radius 2 is 2.50 bits per heavy atom. The molecule has 1 heterocycles. The molecule has 0 amide bonds. The number of rotatable bonds is 4. The first kappa shape index (κ1) is 9.52. The van der Waals surface area contributed by atoms with E-state index in [1.807, 2.05) is 6.92 Å². The van der Waals surface area contributed by atoms with E-state index in [0.29, 0.717) is 18.9 Å². The van der Waals surface area contributed by atoms with Gasteiger partial charge in [0.1, 0.15) is 0 Å². The van der Waals surface area contributed by atoms with Crippen LogP contribution < -0.4 is 0 Å². The predicted molar refractivity (Wildman–Crippen MR) is 44.8 cm³/mol. The Bertz CT molecular complexity index is 139. The van der Waals surface area contributed by atoms with E-state index >= 15 is 0 Å². The number of esters is 1. The second-order valence-electron chi connectivity index (χ2n) is 3.16. The van der Waals surface area contributed by atoms with Gasteiger partial charge < -0.3 is 9.47 Å². The van der Waals surface area contributed by atoms with Crippen molar-refractivity contribution in [3.05, 3.63) is 0 Å². The van der Waals surface area contributed by atoms with Gasteiger partial charge in [0, 0.05) is 18.9 Å². The first-order chi connectivity index (χ1) is 5.83. The molecule has 0 spiro atoms. The highest BCUT2D eigenvalue weighted by Crippen LogP contribution is 2.12. The first-order valence-corrected chi connectivity index (χ1v) is 4.56. The maximum Gasteiger partial charge on any atom is 0.305 e. The fraction of sp³-hybridized carbons (Fsp3) is 0.889. The van der Waals surface area contributed by atoms with Crippen LogP contribution in [0.2, 0.25) is 0 Å². The fourth-order valence-electron chi connectivity index (χ4n) is 1.20. The van der Waals surface area contributed by atoms with Crippen LogP contribution in [0.5, 0.6) is 0 Å². The Kier molecular flexibility index (Phi) is 4.08. The normalized spacial score (nSPS) is 22.6. The molecule has 3 nitrogen and oxygen atoms in total. The highest BCUT2D eigenvalue weighted by molar-refractivity contribution is 5.69. The van der Waals surface area contributed by atoms with Gasteiger partial charge in [0.05, 0.1) is 13.2 Å². The van der Waals surface area contributed by atoms with Gasteiger partial charge in [0.25, 0.3) is 0 Å². The first-order valence-electron chi connectivity index (χ1n) is 4.56. The van der Waals surface area contributed by atoms with E-state index in [4.69, 9.17) is 9.47 Å². The lowest BCUT2D eigenvalue weighted by atomic mass is 10.1. The van der Waals surface area contributed by atoms with Gasteiger partial charge in [0.2, 0.25) is 0 Å². The second-order valence-corrected chi connectivity index (χ2v) is 3.16. The van der Waals surface area contributed by atoms with Crippen LogP contribution >= 0.6 is 0 Å². The average molecular weight is 172 g/mol. The summed E-state index contributed by atoms with van der Waals surface area (Å²) in [6.07, 6.45) is 2.42. The molecule has 0 aliphatic carbocycles. The number of carbonyl (C=O) groups is 1. The van der Waals surface area contributed by atoms with Gasteiger partial charge in [-0.25, -0.2) is 0 Å². The van der Waals surface area contributed by atoms with Crippen LogP contribution in [-0.4, -0.2) is 25.8 Å². The molecule has 0 aromatic rings. The summed E-state index contributed by atoms with van der Waals surface area (Å²) in [6.45, 7) is 4.08. The zero-order valence-electron chi connectivity index (χ0n) is 7.54. The summed E-state index contributed by atoms with van der Waals surface area (Å²) in [5, 5.41) is 0. The van der Waals surface area contributed by atoms with E-state index in [2.05, 4.69) is 0 Å². The van der Waals surface area contributed by atoms with Crippen molar-refractivity contribution in [2.75, 3.05) is 19.8 Å². The third-order valence-corrected chi connectivity index (χ3v) is 1.96. The van der Waals surface area contributed by atoms with Crippen LogP contribution in [0, 0.1) is 5.92 Å². The molecule has 0 radical (unpaired) electrons. The van der Waals surface area contributed by atoms with Gasteiger partial charge in [-0.3, -0.25) is 4.79 Å². The Morgan fingerprint density at radius 3 is 3.08 bits per heavy atom. The van der Waals surface area contributed by atoms with Crippen molar-refractivity contribution in [1.29, 1.82) is 0 Å². The van der Waals surface area contributed by atoms with Crippen LogP contribution in [0.4, 0.5) is 0 Å². The summed E-state index contributed by atoms with van der Waals surface area (Å²) in [5.41, 5.74) is 0. The zero-order valence-corrected chi connectivity index (χ0v) is 7.54. The molecule has 1 atom stereocenters. The molecule has 0 aromatic carbocycles. The van der Waals surface area contributed by atoms with Gasteiger partial charge in [-0.2, -0.15) is 0 Å². The van der Waals surface area contributed by atoms with Gasteiger partial charge in [-0.05, 0) is 12.8 Å². The number of hydrogen-bond donors (Lipinski definition) is 0. The lowest BCUT2D eigenvalue weighted by molar-refractivity contribution is -0.145. The Labute approximate surface area is 73.0 Å². The minimum absolute atomic E-state index is 0.0793. The number of carbonyl (C=O) groups excluding carboxylic acids is 1. The highest BCUT2D eigenvalue weighted by Gasteiger charge is 2.16. The monoisotopic (exact) mass is 172 g/mol.